The first-order valence-corrected chi connectivity index (χ1v) is 11.1. The maximum absolute atomic E-state index is 14.1. The predicted molar refractivity (Wildman–Crippen MR) is 117 cm³/mol. The number of aromatic nitrogens is 3. The van der Waals surface area contributed by atoms with Crippen molar-refractivity contribution in [3.8, 4) is 0 Å². The minimum atomic E-state index is -0.300. The third kappa shape index (κ3) is 4.32. The number of rotatable bonds is 6. The highest BCUT2D eigenvalue weighted by Crippen LogP contribution is 2.32. The highest BCUT2D eigenvalue weighted by molar-refractivity contribution is 7.20. The number of benzene rings is 1. The first kappa shape index (κ1) is 20.7. The third-order valence-corrected chi connectivity index (χ3v) is 6.25. The van der Waals surface area contributed by atoms with Gasteiger partial charge in [-0.2, -0.15) is 4.52 Å². The van der Waals surface area contributed by atoms with Crippen LogP contribution in [-0.2, 0) is 6.42 Å². The number of hydrogen-bond acceptors (Lipinski definition) is 7. The number of aliphatic hydroxyl groups excluding tert-OH is 1. The number of nitrogens with one attached hydrogen (secondary N) is 1. The first-order valence-electron chi connectivity index (χ1n) is 10.3. The summed E-state index contributed by atoms with van der Waals surface area (Å²) in [5, 5.41) is 18.0. The van der Waals surface area contributed by atoms with Gasteiger partial charge in [-0.05, 0) is 44.4 Å². The summed E-state index contributed by atoms with van der Waals surface area (Å²) in [5.74, 6) is -0.300. The Hall–Kier alpha value is -2.52. The molecule has 9 heteroatoms. The lowest BCUT2D eigenvalue weighted by Gasteiger charge is -2.34. The maximum atomic E-state index is 14.1. The van der Waals surface area contributed by atoms with Gasteiger partial charge in [-0.15, -0.1) is 5.10 Å². The van der Waals surface area contributed by atoms with Crippen LogP contribution in [0.15, 0.2) is 29.1 Å². The smallest absolute Gasteiger partial charge is 0.275 e. The van der Waals surface area contributed by atoms with Crippen LogP contribution in [-0.4, -0.2) is 38.9 Å². The van der Waals surface area contributed by atoms with E-state index in [-0.39, 0.29) is 23.5 Å². The number of nitrogens with zero attached hydrogens (tertiary/aromatic N) is 4. The Morgan fingerprint density at radius 2 is 2.10 bits per heavy atom. The van der Waals surface area contributed by atoms with E-state index < -0.39 is 0 Å². The van der Waals surface area contributed by atoms with Gasteiger partial charge in [-0.3, -0.25) is 4.79 Å². The van der Waals surface area contributed by atoms with Crippen LogP contribution in [0, 0.1) is 5.82 Å². The molecule has 1 aliphatic rings. The van der Waals surface area contributed by atoms with Crippen molar-refractivity contribution in [2.45, 2.75) is 51.7 Å². The molecule has 0 bridgehead atoms. The molecule has 1 atom stereocenters. The normalized spacial score (nSPS) is 16.2. The molecule has 0 aliphatic carbocycles. The first-order chi connectivity index (χ1) is 14.4. The number of halogens is 1. The van der Waals surface area contributed by atoms with E-state index in [9.17, 15) is 14.3 Å². The Morgan fingerprint density at radius 3 is 2.83 bits per heavy atom. The van der Waals surface area contributed by atoms with Crippen molar-refractivity contribution < 1.29 is 9.50 Å². The topological polar surface area (TPSA) is 82.8 Å². The quantitative estimate of drug-likeness (QED) is 0.623. The molecule has 3 aromatic rings. The Labute approximate surface area is 178 Å². The zero-order valence-electron chi connectivity index (χ0n) is 17.1. The number of aryl methyl sites for hydroxylation is 1. The Morgan fingerprint density at radius 1 is 1.33 bits per heavy atom. The van der Waals surface area contributed by atoms with Crippen molar-refractivity contribution in [2.75, 3.05) is 23.3 Å². The molecule has 160 valence electrons. The molecule has 1 aliphatic heterocycles. The monoisotopic (exact) mass is 431 g/mol. The minimum absolute atomic E-state index is 0.196. The zero-order valence-corrected chi connectivity index (χ0v) is 18.0. The SMILES string of the molecule is CCCc1cc(=O)n2nc(NC(C)c3cc(F)ccc3N3CCC(O)CC3)sc2n1. The van der Waals surface area contributed by atoms with E-state index in [4.69, 9.17) is 0 Å². The van der Waals surface area contributed by atoms with Crippen LogP contribution < -0.4 is 15.8 Å². The maximum Gasteiger partial charge on any atom is 0.275 e. The van der Waals surface area contributed by atoms with Crippen LogP contribution in [0.3, 0.4) is 0 Å². The van der Waals surface area contributed by atoms with Crippen molar-refractivity contribution in [3.63, 3.8) is 0 Å². The van der Waals surface area contributed by atoms with E-state index in [2.05, 4.69) is 20.3 Å². The molecule has 3 heterocycles. The van der Waals surface area contributed by atoms with Crippen LogP contribution in [0.5, 0.6) is 0 Å². The second-order valence-corrected chi connectivity index (χ2v) is 8.68. The molecule has 2 N–H and O–H groups in total. The fourth-order valence-corrected chi connectivity index (χ4v) is 4.74. The number of aliphatic hydroxyl groups is 1. The summed E-state index contributed by atoms with van der Waals surface area (Å²) >= 11 is 1.31. The Balaban J connectivity index is 1.61. The molecule has 1 fully saturated rings. The molecular weight excluding hydrogens is 405 g/mol. The Kier molecular flexibility index (Phi) is 6.01. The average Bonchev–Trinajstić information content (AvgIpc) is 3.12. The predicted octanol–water partition coefficient (Wildman–Crippen LogP) is 3.38. The summed E-state index contributed by atoms with van der Waals surface area (Å²) in [7, 11) is 0. The van der Waals surface area contributed by atoms with E-state index in [0.29, 0.717) is 22.9 Å². The molecule has 1 unspecified atom stereocenters. The molecule has 30 heavy (non-hydrogen) atoms. The lowest BCUT2D eigenvalue weighted by molar-refractivity contribution is 0.145. The fourth-order valence-electron chi connectivity index (χ4n) is 3.83. The molecule has 0 saturated carbocycles. The van der Waals surface area contributed by atoms with E-state index in [1.54, 1.807) is 6.07 Å². The molecule has 1 saturated heterocycles. The summed E-state index contributed by atoms with van der Waals surface area (Å²) in [6.07, 6.45) is 2.79. The number of fused-ring (bicyclic) bond motifs is 1. The van der Waals surface area contributed by atoms with Crippen LogP contribution in [0.4, 0.5) is 15.2 Å². The van der Waals surface area contributed by atoms with Gasteiger partial charge in [0.2, 0.25) is 10.1 Å². The van der Waals surface area contributed by atoms with Gasteiger partial charge in [0.15, 0.2) is 0 Å². The highest BCUT2D eigenvalue weighted by Gasteiger charge is 2.22. The van der Waals surface area contributed by atoms with Gasteiger partial charge in [0.25, 0.3) is 5.56 Å². The summed E-state index contributed by atoms with van der Waals surface area (Å²) in [6, 6.07) is 6.09. The van der Waals surface area contributed by atoms with Crippen LogP contribution in [0.25, 0.3) is 4.96 Å². The average molecular weight is 432 g/mol. The van der Waals surface area contributed by atoms with Gasteiger partial charge in [-0.25, -0.2) is 9.37 Å². The lowest BCUT2D eigenvalue weighted by atomic mass is 10.0. The molecule has 2 aromatic heterocycles. The van der Waals surface area contributed by atoms with Gasteiger partial charge in [0.1, 0.15) is 5.82 Å². The standard InChI is InChI=1S/C21H26FN5O2S/c1-3-4-15-12-19(29)27-21(24-15)30-20(25-27)23-13(2)17-11-14(22)5-6-18(17)26-9-7-16(28)8-10-26/h5-6,11-13,16,28H,3-4,7-10H2,1-2H3,(H,23,25). The molecule has 0 radical (unpaired) electrons. The van der Waals surface area contributed by atoms with E-state index in [1.807, 2.05) is 13.8 Å². The van der Waals surface area contributed by atoms with Crippen LogP contribution in [0.2, 0.25) is 0 Å². The Bertz CT molecular complexity index is 1090. The van der Waals surface area contributed by atoms with E-state index in [0.717, 1.165) is 42.9 Å². The molecule has 0 spiro atoms. The van der Waals surface area contributed by atoms with Crippen molar-refractivity contribution in [1.29, 1.82) is 0 Å². The van der Waals surface area contributed by atoms with Gasteiger partial charge < -0.3 is 15.3 Å². The highest BCUT2D eigenvalue weighted by atomic mass is 32.1. The summed E-state index contributed by atoms with van der Waals surface area (Å²) < 4.78 is 15.4. The molecule has 7 nitrogen and oxygen atoms in total. The van der Waals surface area contributed by atoms with Crippen molar-refractivity contribution in [3.05, 3.63) is 51.7 Å². The van der Waals surface area contributed by atoms with E-state index in [1.165, 1.54) is 34.1 Å². The minimum Gasteiger partial charge on any atom is -0.393 e. The third-order valence-electron chi connectivity index (χ3n) is 5.41. The zero-order chi connectivity index (χ0) is 21.3. The molecular formula is C21H26FN5O2S. The van der Waals surface area contributed by atoms with Crippen molar-refractivity contribution >= 4 is 27.1 Å². The van der Waals surface area contributed by atoms with Crippen molar-refractivity contribution in [1.82, 2.24) is 14.6 Å². The molecule has 4 rings (SSSR count). The molecule has 1 aromatic carbocycles. The van der Waals surface area contributed by atoms with Crippen molar-refractivity contribution in [2.24, 2.45) is 0 Å². The lowest BCUT2D eigenvalue weighted by Crippen LogP contribution is -2.36. The number of piperidine rings is 1. The molecule has 0 amide bonds. The van der Waals surface area contributed by atoms with Crippen LogP contribution in [0.1, 0.15) is 50.4 Å². The van der Waals surface area contributed by atoms with Gasteiger partial charge in [-0.1, -0.05) is 24.7 Å². The summed E-state index contributed by atoms with van der Waals surface area (Å²) in [6.45, 7) is 5.45. The second kappa shape index (κ2) is 8.69. The van der Waals surface area contributed by atoms with Gasteiger partial charge in [0.05, 0.1) is 12.1 Å². The second-order valence-electron chi connectivity index (χ2n) is 7.72. The summed E-state index contributed by atoms with van der Waals surface area (Å²) in [5.41, 5.74) is 2.34. The van der Waals surface area contributed by atoms with Gasteiger partial charge in [0, 0.05) is 36.1 Å². The number of hydrogen-bond donors (Lipinski definition) is 2. The fraction of sp³-hybridized carbons (Fsp3) is 0.476. The van der Waals surface area contributed by atoms with Crippen LogP contribution >= 0.6 is 11.3 Å². The van der Waals surface area contributed by atoms with Gasteiger partial charge >= 0.3 is 0 Å². The summed E-state index contributed by atoms with van der Waals surface area (Å²) in [4.78, 5) is 19.6. The van der Waals surface area contributed by atoms with E-state index >= 15 is 0 Å². The largest absolute Gasteiger partial charge is 0.393 e. The number of anilines is 2.